The zero-order valence-electron chi connectivity index (χ0n) is 13.9. The lowest BCUT2D eigenvalue weighted by Gasteiger charge is -2.13. The zero-order chi connectivity index (χ0) is 20.0. The summed E-state index contributed by atoms with van der Waals surface area (Å²) in [7, 11) is 0. The second-order valence-electron chi connectivity index (χ2n) is 5.69. The van der Waals surface area contributed by atoms with Crippen LogP contribution < -0.4 is 10.6 Å². The summed E-state index contributed by atoms with van der Waals surface area (Å²) in [6.07, 6.45) is -6.38. The molecule has 2 aromatic rings. The van der Waals surface area contributed by atoms with Gasteiger partial charge in [-0.1, -0.05) is 34.1 Å². The Morgan fingerprint density at radius 3 is 2.41 bits per heavy atom. The third-order valence-electron chi connectivity index (χ3n) is 3.54. The number of amides is 2. The third-order valence-corrected chi connectivity index (χ3v) is 4.07. The Labute approximate surface area is 161 Å². The number of aliphatic hydroxyl groups is 1. The minimum Gasteiger partial charge on any atom is -0.383 e. The van der Waals surface area contributed by atoms with Gasteiger partial charge >= 0.3 is 6.18 Å². The van der Waals surface area contributed by atoms with E-state index in [9.17, 15) is 27.9 Å². The monoisotopic (exact) mass is 444 g/mol. The summed E-state index contributed by atoms with van der Waals surface area (Å²) in [5.74, 6) is -1.35. The SMILES string of the molecule is O=C(CNC(=O)[C@@H](O)Cc1cccc(C(F)(F)F)c1)Nc1ccc(Br)cc1. The molecular formula is C18H16BrF3N2O3. The van der Waals surface area contributed by atoms with E-state index in [4.69, 9.17) is 0 Å². The number of carbonyl (C=O) groups is 2. The van der Waals surface area contributed by atoms with Crippen LogP contribution in [0.5, 0.6) is 0 Å². The average molecular weight is 445 g/mol. The topological polar surface area (TPSA) is 78.4 Å². The number of alkyl halides is 3. The molecule has 1 atom stereocenters. The molecular weight excluding hydrogens is 429 g/mol. The number of anilines is 1. The van der Waals surface area contributed by atoms with Gasteiger partial charge in [0.15, 0.2) is 0 Å². The fourth-order valence-electron chi connectivity index (χ4n) is 2.21. The fraction of sp³-hybridized carbons (Fsp3) is 0.222. The first-order chi connectivity index (χ1) is 12.6. The quantitative estimate of drug-likeness (QED) is 0.640. The van der Waals surface area contributed by atoms with E-state index in [1.165, 1.54) is 12.1 Å². The van der Waals surface area contributed by atoms with Crippen molar-refractivity contribution in [3.8, 4) is 0 Å². The van der Waals surface area contributed by atoms with Crippen molar-refractivity contribution in [3.63, 3.8) is 0 Å². The third kappa shape index (κ3) is 6.69. The first kappa shape index (κ1) is 20.9. The van der Waals surface area contributed by atoms with E-state index in [0.717, 1.165) is 16.6 Å². The van der Waals surface area contributed by atoms with E-state index < -0.39 is 29.7 Å². The molecule has 144 valence electrons. The van der Waals surface area contributed by atoms with Crippen molar-refractivity contribution in [2.45, 2.75) is 18.7 Å². The van der Waals surface area contributed by atoms with Crippen molar-refractivity contribution in [2.24, 2.45) is 0 Å². The molecule has 0 fully saturated rings. The van der Waals surface area contributed by atoms with Crippen LogP contribution >= 0.6 is 15.9 Å². The smallest absolute Gasteiger partial charge is 0.383 e. The Kier molecular flexibility index (Phi) is 6.98. The summed E-state index contributed by atoms with van der Waals surface area (Å²) < 4.78 is 38.9. The van der Waals surface area contributed by atoms with E-state index >= 15 is 0 Å². The van der Waals surface area contributed by atoms with Crippen LogP contribution in [-0.4, -0.2) is 29.6 Å². The molecule has 0 aromatic heterocycles. The molecule has 0 aliphatic carbocycles. The van der Waals surface area contributed by atoms with Crippen LogP contribution in [-0.2, 0) is 22.2 Å². The Balaban J connectivity index is 1.85. The maximum Gasteiger partial charge on any atom is 0.416 e. The van der Waals surface area contributed by atoms with Gasteiger partial charge in [0.1, 0.15) is 6.10 Å². The van der Waals surface area contributed by atoms with Gasteiger partial charge in [-0.05, 0) is 35.9 Å². The van der Waals surface area contributed by atoms with E-state index in [2.05, 4.69) is 26.6 Å². The van der Waals surface area contributed by atoms with Crippen LogP contribution in [0.15, 0.2) is 53.0 Å². The molecule has 2 aromatic carbocycles. The maximum atomic E-state index is 12.7. The van der Waals surface area contributed by atoms with Gasteiger partial charge < -0.3 is 15.7 Å². The lowest BCUT2D eigenvalue weighted by atomic mass is 10.0. The highest BCUT2D eigenvalue weighted by Crippen LogP contribution is 2.29. The molecule has 0 saturated carbocycles. The predicted molar refractivity (Wildman–Crippen MR) is 96.9 cm³/mol. The molecule has 9 heteroatoms. The number of benzene rings is 2. The summed E-state index contributed by atoms with van der Waals surface area (Å²) in [4.78, 5) is 23.7. The number of hydrogen-bond donors (Lipinski definition) is 3. The van der Waals surface area contributed by atoms with Crippen LogP contribution in [0.1, 0.15) is 11.1 Å². The largest absolute Gasteiger partial charge is 0.416 e. The second-order valence-corrected chi connectivity index (χ2v) is 6.61. The number of aliphatic hydroxyl groups excluding tert-OH is 1. The van der Waals surface area contributed by atoms with Crippen molar-refractivity contribution >= 4 is 33.4 Å². The maximum absolute atomic E-state index is 12.7. The number of nitrogens with one attached hydrogen (secondary N) is 2. The minimum absolute atomic E-state index is 0.159. The number of rotatable bonds is 6. The van der Waals surface area contributed by atoms with Gasteiger partial charge in [0, 0.05) is 16.6 Å². The minimum atomic E-state index is -4.51. The fourth-order valence-corrected chi connectivity index (χ4v) is 2.48. The summed E-state index contributed by atoms with van der Waals surface area (Å²) in [5.41, 5.74) is -0.171. The van der Waals surface area contributed by atoms with Crippen molar-refractivity contribution in [2.75, 3.05) is 11.9 Å². The van der Waals surface area contributed by atoms with Gasteiger partial charge in [0.2, 0.25) is 11.8 Å². The van der Waals surface area contributed by atoms with Crippen LogP contribution in [0.4, 0.5) is 18.9 Å². The van der Waals surface area contributed by atoms with E-state index in [0.29, 0.717) is 5.69 Å². The van der Waals surface area contributed by atoms with Gasteiger partial charge in [-0.25, -0.2) is 0 Å². The first-order valence-corrected chi connectivity index (χ1v) is 8.62. The summed E-state index contributed by atoms with van der Waals surface area (Å²) in [6, 6.07) is 11.1. The molecule has 2 rings (SSSR count). The van der Waals surface area contributed by atoms with Gasteiger partial charge in [0.25, 0.3) is 0 Å². The molecule has 0 bridgehead atoms. The highest BCUT2D eigenvalue weighted by molar-refractivity contribution is 9.10. The van der Waals surface area contributed by atoms with Crippen molar-refractivity contribution in [1.29, 1.82) is 0 Å². The molecule has 5 nitrogen and oxygen atoms in total. The molecule has 0 spiro atoms. The Hall–Kier alpha value is -2.39. The second kappa shape index (κ2) is 9.01. The van der Waals surface area contributed by atoms with E-state index in [-0.39, 0.29) is 18.5 Å². The molecule has 3 N–H and O–H groups in total. The van der Waals surface area contributed by atoms with E-state index in [1.807, 2.05) is 0 Å². The van der Waals surface area contributed by atoms with Gasteiger partial charge in [0.05, 0.1) is 12.1 Å². The van der Waals surface area contributed by atoms with Gasteiger partial charge in [-0.15, -0.1) is 0 Å². The summed E-state index contributed by atoms with van der Waals surface area (Å²) in [6.45, 7) is -0.380. The molecule has 27 heavy (non-hydrogen) atoms. The van der Waals surface area contributed by atoms with Crippen molar-refractivity contribution in [1.82, 2.24) is 5.32 Å². The number of hydrogen-bond acceptors (Lipinski definition) is 3. The van der Waals surface area contributed by atoms with E-state index in [1.54, 1.807) is 24.3 Å². The molecule has 0 radical (unpaired) electrons. The molecule has 0 unspecified atom stereocenters. The van der Waals surface area contributed by atoms with Crippen LogP contribution in [0.2, 0.25) is 0 Å². The lowest BCUT2D eigenvalue weighted by molar-refractivity contribution is -0.137. The average Bonchev–Trinajstić information content (AvgIpc) is 2.61. The number of halogens is 4. The highest BCUT2D eigenvalue weighted by Gasteiger charge is 2.30. The van der Waals surface area contributed by atoms with Crippen molar-refractivity contribution in [3.05, 3.63) is 64.1 Å². The van der Waals surface area contributed by atoms with Crippen molar-refractivity contribution < 1.29 is 27.9 Å². The Bertz CT molecular complexity index is 810. The molecule has 0 aliphatic heterocycles. The van der Waals surface area contributed by atoms with Crippen LogP contribution in [0, 0.1) is 0 Å². The summed E-state index contributed by atoms with van der Waals surface area (Å²) in [5, 5.41) is 14.7. The Morgan fingerprint density at radius 1 is 1.11 bits per heavy atom. The molecule has 0 saturated heterocycles. The van der Waals surface area contributed by atoms with Crippen LogP contribution in [0.3, 0.4) is 0 Å². The summed E-state index contributed by atoms with van der Waals surface area (Å²) >= 11 is 3.26. The molecule has 0 heterocycles. The normalized spacial score (nSPS) is 12.3. The van der Waals surface area contributed by atoms with Gasteiger partial charge in [-0.3, -0.25) is 9.59 Å². The first-order valence-electron chi connectivity index (χ1n) is 7.82. The lowest BCUT2D eigenvalue weighted by Crippen LogP contribution is -2.40. The molecule has 0 aliphatic rings. The molecule has 2 amide bonds. The van der Waals surface area contributed by atoms with Gasteiger partial charge in [-0.2, -0.15) is 13.2 Å². The van der Waals surface area contributed by atoms with Crippen LogP contribution in [0.25, 0.3) is 0 Å². The number of carbonyl (C=O) groups excluding carboxylic acids is 2. The zero-order valence-corrected chi connectivity index (χ0v) is 15.5. The Morgan fingerprint density at radius 2 is 1.78 bits per heavy atom. The standard InChI is InChI=1S/C18H16BrF3N2O3/c19-13-4-6-14(7-5-13)24-16(26)10-23-17(27)15(25)9-11-2-1-3-12(8-11)18(20,21)22/h1-8,15,25H,9-10H2,(H,23,27)(H,24,26)/t15-/m0/s1. The highest BCUT2D eigenvalue weighted by atomic mass is 79.9. The predicted octanol–water partition coefficient (Wildman–Crippen LogP) is 3.13.